The maximum atomic E-state index is 15.0. The van der Waals surface area contributed by atoms with Crippen LogP contribution in [0.1, 0.15) is 27.3 Å². The molecule has 1 aromatic heterocycles. The predicted molar refractivity (Wildman–Crippen MR) is 112 cm³/mol. The van der Waals surface area contributed by atoms with Crippen molar-refractivity contribution >= 4 is 23.3 Å². The number of nitrogens with two attached hydrogens (primary N) is 1. The smallest absolute Gasteiger partial charge is 0.321 e. The Morgan fingerprint density at radius 3 is 2.60 bits per heavy atom. The molecule has 2 aromatic rings. The average molecular weight is 412 g/mol. The number of halogens is 1. The minimum atomic E-state index is -0.538. The van der Waals surface area contributed by atoms with Gasteiger partial charge >= 0.3 is 6.03 Å². The van der Waals surface area contributed by atoms with E-state index in [1.54, 1.807) is 13.1 Å². The molecule has 0 bridgehead atoms. The molecule has 0 atom stereocenters. The predicted octanol–water partition coefficient (Wildman–Crippen LogP) is 1.93. The first-order valence-electron chi connectivity index (χ1n) is 9.90. The van der Waals surface area contributed by atoms with Gasteiger partial charge in [-0.15, -0.1) is 0 Å². The standard InChI is InChI=1S/C21H25FN6O2/c1-13-17(6-5-16(24-13)20(23)29)28-9-7-27(8-10-28)12-14-3-4-15-11-26(2)21(30)25-19(15)18(14)22/h3-6H,7-12H2,1-2H3,(H2,23,29)(H,25,30). The number of fused-ring (bicyclic) bond motifs is 1. The summed E-state index contributed by atoms with van der Waals surface area (Å²) in [6, 6.07) is 6.92. The Bertz CT molecular complexity index is 1000. The Kier molecular flexibility index (Phi) is 5.29. The molecule has 3 heterocycles. The summed E-state index contributed by atoms with van der Waals surface area (Å²) in [7, 11) is 1.68. The molecule has 158 valence electrons. The van der Waals surface area contributed by atoms with Crippen LogP contribution < -0.4 is 16.0 Å². The van der Waals surface area contributed by atoms with Gasteiger partial charge in [0.05, 0.1) is 17.1 Å². The fourth-order valence-electron chi connectivity index (χ4n) is 3.99. The summed E-state index contributed by atoms with van der Waals surface area (Å²) >= 11 is 0. The van der Waals surface area contributed by atoms with Gasteiger partial charge < -0.3 is 20.9 Å². The molecule has 1 fully saturated rings. The van der Waals surface area contributed by atoms with Crippen LogP contribution in [0.3, 0.4) is 0 Å². The number of hydrogen-bond donors (Lipinski definition) is 2. The Balaban J connectivity index is 1.42. The van der Waals surface area contributed by atoms with E-state index in [2.05, 4.69) is 20.1 Å². The van der Waals surface area contributed by atoms with E-state index < -0.39 is 5.91 Å². The fourth-order valence-corrected chi connectivity index (χ4v) is 3.99. The van der Waals surface area contributed by atoms with Crippen molar-refractivity contribution in [3.63, 3.8) is 0 Å². The van der Waals surface area contributed by atoms with E-state index >= 15 is 0 Å². The van der Waals surface area contributed by atoms with Gasteiger partial charge in [0.2, 0.25) is 0 Å². The number of carbonyl (C=O) groups is 2. The lowest BCUT2D eigenvalue weighted by molar-refractivity contribution is 0.0995. The van der Waals surface area contributed by atoms with Crippen molar-refractivity contribution in [2.75, 3.05) is 43.4 Å². The Morgan fingerprint density at radius 1 is 1.20 bits per heavy atom. The molecule has 0 aliphatic carbocycles. The van der Waals surface area contributed by atoms with E-state index in [0.29, 0.717) is 24.3 Å². The molecule has 9 heteroatoms. The van der Waals surface area contributed by atoms with Crippen molar-refractivity contribution in [3.05, 3.63) is 52.6 Å². The number of pyridine rings is 1. The highest BCUT2D eigenvalue weighted by atomic mass is 19.1. The van der Waals surface area contributed by atoms with Crippen molar-refractivity contribution in [2.45, 2.75) is 20.0 Å². The Hall–Kier alpha value is -3.20. The van der Waals surface area contributed by atoms with Gasteiger partial charge in [0.25, 0.3) is 5.91 Å². The number of urea groups is 1. The van der Waals surface area contributed by atoms with Crippen LogP contribution in [0, 0.1) is 12.7 Å². The van der Waals surface area contributed by atoms with Crippen molar-refractivity contribution in [1.82, 2.24) is 14.8 Å². The van der Waals surface area contributed by atoms with Crippen LogP contribution in [0.25, 0.3) is 0 Å². The number of nitrogens with zero attached hydrogens (tertiary/aromatic N) is 4. The lowest BCUT2D eigenvalue weighted by Crippen LogP contribution is -2.46. The number of rotatable bonds is 4. The highest BCUT2D eigenvalue weighted by Crippen LogP contribution is 2.29. The number of carbonyl (C=O) groups excluding carboxylic acids is 2. The van der Waals surface area contributed by atoms with Crippen molar-refractivity contribution in [1.29, 1.82) is 0 Å². The summed E-state index contributed by atoms with van der Waals surface area (Å²) in [6.07, 6.45) is 0. The van der Waals surface area contributed by atoms with Crippen molar-refractivity contribution < 1.29 is 14.0 Å². The Morgan fingerprint density at radius 2 is 1.93 bits per heavy atom. The fraction of sp³-hybridized carbons (Fsp3) is 0.381. The van der Waals surface area contributed by atoms with Crippen LogP contribution >= 0.6 is 0 Å². The second-order valence-corrected chi connectivity index (χ2v) is 7.79. The highest BCUT2D eigenvalue weighted by molar-refractivity contribution is 5.92. The normalized spacial score (nSPS) is 17.0. The minimum Gasteiger partial charge on any atom is -0.368 e. The molecule has 0 spiro atoms. The molecule has 2 aliphatic rings. The Labute approximate surface area is 174 Å². The van der Waals surface area contributed by atoms with E-state index in [9.17, 15) is 14.0 Å². The van der Waals surface area contributed by atoms with E-state index in [1.165, 1.54) is 4.90 Å². The number of hydrogen-bond acceptors (Lipinski definition) is 5. The topological polar surface area (TPSA) is 94.8 Å². The maximum Gasteiger partial charge on any atom is 0.321 e. The SMILES string of the molecule is Cc1nc(C(N)=O)ccc1N1CCN(Cc2ccc3c(c2F)NC(=O)N(C)C3)CC1. The summed E-state index contributed by atoms with van der Waals surface area (Å²) in [5.41, 5.74) is 8.96. The second kappa shape index (κ2) is 7.91. The number of anilines is 2. The molecule has 1 saturated heterocycles. The van der Waals surface area contributed by atoms with Gasteiger partial charge in [-0.25, -0.2) is 14.2 Å². The lowest BCUT2D eigenvalue weighted by atomic mass is 10.0. The largest absolute Gasteiger partial charge is 0.368 e. The van der Waals surface area contributed by atoms with Gasteiger partial charge in [-0.2, -0.15) is 0 Å². The minimum absolute atomic E-state index is 0.260. The van der Waals surface area contributed by atoms with Crippen LogP contribution in [-0.2, 0) is 13.1 Å². The van der Waals surface area contributed by atoms with Crippen LogP contribution in [-0.4, -0.2) is 59.9 Å². The molecule has 8 nitrogen and oxygen atoms in total. The molecule has 2 aliphatic heterocycles. The number of aryl methyl sites for hydroxylation is 1. The van der Waals surface area contributed by atoms with Gasteiger partial charge in [0.1, 0.15) is 5.69 Å². The van der Waals surface area contributed by atoms with Gasteiger partial charge in [-0.05, 0) is 24.6 Å². The number of aromatic nitrogens is 1. The first-order valence-corrected chi connectivity index (χ1v) is 9.90. The van der Waals surface area contributed by atoms with Crippen LogP contribution in [0.2, 0.25) is 0 Å². The molecule has 0 saturated carbocycles. The molecule has 1 aromatic carbocycles. The zero-order valence-electron chi connectivity index (χ0n) is 17.1. The van der Waals surface area contributed by atoms with E-state index in [4.69, 9.17) is 5.73 Å². The van der Waals surface area contributed by atoms with Gasteiger partial charge in [-0.3, -0.25) is 9.69 Å². The zero-order chi connectivity index (χ0) is 21.4. The third-order valence-electron chi connectivity index (χ3n) is 5.71. The second-order valence-electron chi connectivity index (χ2n) is 7.79. The van der Waals surface area contributed by atoms with E-state index in [0.717, 1.165) is 43.1 Å². The molecular formula is C21H25FN6O2. The van der Waals surface area contributed by atoms with Crippen LogP contribution in [0.4, 0.5) is 20.6 Å². The van der Waals surface area contributed by atoms with Gasteiger partial charge in [-0.1, -0.05) is 12.1 Å². The first kappa shape index (κ1) is 20.1. The van der Waals surface area contributed by atoms with Crippen molar-refractivity contribution in [2.24, 2.45) is 5.73 Å². The number of piperazine rings is 1. The summed E-state index contributed by atoms with van der Waals surface area (Å²) < 4.78 is 15.0. The van der Waals surface area contributed by atoms with E-state index in [-0.39, 0.29) is 17.5 Å². The summed E-state index contributed by atoms with van der Waals surface area (Å²) in [5, 5.41) is 2.65. The molecule has 3 N–H and O–H groups in total. The van der Waals surface area contributed by atoms with Crippen LogP contribution in [0.15, 0.2) is 24.3 Å². The highest BCUT2D eigenvalue weighted by Gasteiger charge is 2.25. The van der Waals surface area contributed by atoms with Gasteiger partial charge in [0, 0.05) is 51.9 Å². The van der Waals surface area contributed by atoms with Crippen LogP contribution in [0.5, 0.6) is 0 Å². The molecule has 3 amide bonds. The van der Waals surface area contributed by atoms with Crippen molar-refractivity contribution in [3.8, 4) is 0 Å². The molecule has 0 unspecified atom stereocenters. The first-order chi connectivity index (χ1) is 14.3. The number of benzene rings is 1. The summed E-state index contributed by atoms with van der Waals surface area (Å²) in [4.78, 5) is 33.4. The number of nitrogens with one attached hydrogen (secondary N) is 1. The molecule has 0 radical (unpaired) electrons. The lowest BCUT2D eigenvalue weighted by Gasteiger charge is -2.37. The summed E-state index contributed by atoms with van der Waals surface area (Å²) in [5.74, 6) is -0.886. The molecular weight excluding hydrogens is 387 g/mol. The quantitative estimate of drug-likeness (QED) is 0.800. The average Bonchev–Trinajstić information content (AvgIpc) is 2.72. The van der Waals surface area contributed by atoms with E-state index in [1.807, 2.05) is 25.1 Å². The zero-order valence-corrected chi connectivity index (χ0v) is 17.1. The summed E-state index contributed by atoms with van der Waals surface area (Å²) in [6.45, 7) is 5.82. The third-order valence-corrected chi connectivity index (χ3v) is 5.71. The number of primary amides is 1. The third kappa shape index (κ3) is 3.80. The monoisotopic (exact) mass is 412 g/mol. The molecule has 4 rings (SSSR count). The van der Waals surface area contributed by atoms with Gasteiger partial charge in [0.15, 0.2) is 5.82 Å². The maximum absolute atomic E-state index is 15.0. The number of amides is 3. The molecule has 30 heavy (non-hydrogen) atoms.